The molecule has 0 aliphatic heterocycles. The van der Waals surface area contributed by atoms with Crippen LogP contribution in [-0.2, 0) is 20.1 Å². The third kappa shape index (κ3) is 8.89. The summed E-state index contributed by atoms with van der Waals surface area (Å²) in [6.07, 6.45) is 2.00. The van der Waals surface area contributed by atoms with Gasteiger partial charge in [0.25, 0.3) is 0 Å². The van der Waals surface area contributed by atoms with Crippen molar-refractivity contribution in [2.75, 3.05) is 0 Å². The molecule has 1 radical (unpaired) electrons. The number of hydrogen-bond donors (Lipinski definition) is 0. The summed E-state index contributed by atoms with van der Waals surface area (Å²) in [7, 11) is 0. The van der Waals surface area contributed by atoms with Crippen molar-refractivity contribution in [2.24, 2.45) is 0 Å². The van der Waals surface area contributed by atoms with E-state index in [2.05, 4.69) is 152 Å². The van der Waals surface area contributed by atoms with Crippen molar-refractivity contribution in [1.82, 2.24) is 14.5 Å². The number of imidazole rings is 1. The normalized spacial score (nSPS) is 12.2. The largest absolute Gasteiger partial charge is 0 e. The summed E-state index contributed by atoms with van der Waals surface area (Å²) < 4.78 is 32.8. The Kier molecular flexibility index (Phi) is 12.8. The quantitative estimate of drug-likeness (QED) is 0.112. The van der Waals surface area contributed by atoms with Crippen LogP contribution in [0, 0.1) is 17.9 Å². The topological polar surface area (TPSA) is 43.9 Å². The molecule has 0 aliphatic rings. The Morgan fingerprint density at radius 3 is 2.06 bits per heavy atom. The van der Waals surface area contributed by atoms with Crippen LogP contribution in [0.1, 0.15) is 77.3 Å². The van der Waals surface area contributed by atoms with Crippen LogP contribution >= 0.6 is 0 Å². The average Bonchev–Trinajstić information content (AvgIpc) is 3.87. The van der Waals surface area contributed by atoms with Gasteiger partial charge in [-0.1, -0.05) is 99.3 Å². The third-order valence-electron chi connectivity index (χ3n) is 12.1. The summed E-state index contributed by atoms with van der Waals surface area (Å²) in [4.78, 5) is 9.95. The molecule has 0 aliphatic carbocycles. The predicted octanol–water partition coefficient (Wildman–Crippen LogP) is 15.8. The average molecular weight is 1090 g/mol. The SMILES string of the molecule is CC(C)c1cc(-c2ccccc2)cc(C(C)C)c1-n1c(-c2[c-]ccc3c2oc2cc(F)ccc23)nc2ccc3ccccc3c21.[2H]C(C)(C)c1cc(-c2[c-]cccc2)nc[c]1[Ge]([CH3])([CH3])[CH3].[Ir]. The molecule has 3 aromatic heterocycles. The van der Waals surface area contributed by atoms with Gasteiger partial charge in [-0.05, 0) is 69.8 Å². The molecule has 7 heteroatoms. The molecular formula is C58H54FGeIrN3O-2. The molecule has 65 heavy (non-hydrogen) atoms. The van der Waals surface area contributed by atoms with Crippen LogP contribution in [-0.4, -0.2) is 27.8 Å². The first kappa shape index (κ1) is 44.5. The summed E-state index contributed by atoms with van der Waals surface area (Å²) in [5, 5.41) is 4.06. The van der Waals surface area contributed by atoms with Crippen molar-refractivity contribution in [3.05, 3.63) is 180 Å². The minimum Gasteiger partial charge on any atom is 0 e. The Morgan fingerprint density at radius 1 is 0.677 bits per heavy atom. The van der Waals surface area contributed by atoms with Crippen LogP contribution in [0.3, 0.4) is 0 Å². The van der Waals surface area contributed by atoms with E-state index in [0.717, 1.165) is 66.5 Å². The van der Waals surface area contributed by atoms with E-state index in [9.17, 15) is 4.39 Å². The van der Waals surface area contributed by atoms with E-state index >= 15 is 0 Å². The summed E-state index contributed by atoms with van der Waals surface area (Å²) >= 11 is -2.03. The van der Waals surface area contributed by atoms with E-state index in [4.69, 9.17) is 10.8 Å². The van der Waals surface area contributed by atoms with Gasteiger partial charge in [0.2, 0.25) is 0 Å². The molecule has 0 atom stereocenters. The molecule has 0 saturated heterocycles. The standard InChI is InChI=1S/C41H32FN2O.C17H22GeN.Ir/c1-24(2)34-21-28(26-11-6-5-7-12-26)22-35(25(3)4)38(34)44-39-30-14-9-8-13-27(30)17-20-36(39)43-41(44)33-16-10-15-32-31-19-18-29(42)23-37(31)45-40(32)33;1-13(2)15-11-17(14-9-7-6-8-10-14)19-12-16(15)18(3,4)5;/h5-15,17-25H,1-4H3;6-9,11-13H,1-5H3;/q2*-1;/i;13D;. The van der Waals surface area contributed by atoms with Crippen molar-refractivity contribution in [3.63, 3.8) is 0 Å². The van der Waals surface area contributed by atoms with Crippen LogP contribution in [0.2, 0.25) is 17.3 Å². The number of aromatic nitrogens is 3. The van der Waals surface area contributed by atoms with Gasteiger partial charge in [0.15, 0.2) is 0 Å². The Bertz CT molecular complexity index is 3340. The van der Waals surface area contributed by atoms with E-state index in [1.807, 2.05) is 56.4 Å². The molecule has 0 fully saturated rings. The zero-order valence-corrected chi connectivity index (χ0v) is 43.0. The third-order valence-corrected chi connectivity index (χ3v) is 16.4. The first-order valence-electron chi connectivity index (χ1n) is 22.7. The second-order valence-electron chi connectivity index (χ2n) is 18.6. The zero-order valence-electron chi connectivity index (χ0n) is 39.5. The first-order chi connectivity index (χ1) is 31.1. The van der Waals surface area contributed by atoms with Crippen LogP contribution < -0.4 is 4.40 Å². The fourth-order valence-corrected chi connectivity index (χ4v) is 12.2. The van der Waals surface area contributed by atoms with Crippen LogP contribution in [0.5, 0.6) is 0 Å². The number of hydrogen-bond acceptors (Lipinski definition) is 3. The maximum absolute atomic E-state index is 14.3. The molecule has 0 bridgehead atoms. The van der Waals surface area contributed by atoms with Gasteiger partial charge < -0.3 is 8.98 Å². The monoisotopic (exact) mass is 1100 g/mol. The molecule has 3 heterocycles. The fraction of sp³-hybridized carbons (Fsp3) is 0.207. The van der Waals surface area contributed by atoms with Gasteiger partial charge in [-0.2, -0.15) is 0 Å². The molecule has 0 spiro atoms. The first-order valence-corrected chi connectivity index (χ1v) is 29.6. The molecule has 7 aromatic carbocycles. The van der Waals surface area contributed by atoms with Gasteiger partial charge in [-0.25, -0.2) is 4.39 Å². The van der Waals surface area contributed by atoms with E-state index in [0.29, 0.717) is 11.2 Å². The summed E-state index contributed by atoms with van der Waals surface area (Å²) in [5.74, 6) is 7.34. The van der Waals surface area contributed by atoms with Crippen LogP contribution in [0.25, 0.3) is 83.2 Å². The van der Waals surface area contributed by atoms with Gasteiger partial charge in [-0.15, -0.1) is 18.2 Å². The molecule has 4 nitrogen and oxygen atoms in total. The number of nitrogens with zero attached hydrogens (tertiary/aromatic N) is 3. The molecule has 10 rings (SSSR count). The molecule has 0 unspecified atom stereocenters. The molecule has 0 amide bonds. The molecule has 0 N–H and O–H groups in total. The van der Waals surface area contributed by atoms with E-state index < -0.39 is 19.2 Å². The van der Waals surface area contributed by atoms with Crippen molar-refractivity contribution >= 4 is 61.4 Å². The predicted molar refractivity (Wildman–Crippen MR) is 269 cm³/mol. The molecule has 10 aromatic rings. The number of rotatable bonds is 8. The minimum absolute atomic E-state index is 0. The number of furan rings is 1. The van der Waals surface area contributed by atoms with Crippen molar-refractivity contribution < 1.29 is 30.3 Å². The van der Waals surface area contributed by atoms with Crippen LogP contribution in [0.4, 0.5) is 4.39 Å². The fourth-order valence-electron chi connectivity index (χ4n) is 8.89. The van der Waals surface area contributed by atoms with Gasteiger partial charge >= 0.3 is 120 Å². The van der Waals surface area contributed by atoms with Crippen molar-refractivity contribution in [2.45, 2.75) is 76.5 Å². The maximum atomic E-state index is 14.3. The van der Waals surface area contributed by atoms with E-state index in [1.165, 1.54) is 38.8 Å². The smallest absolute Gasteiger partial charge is 0 e. The second kappa shape index (κ2) is 18.7. The van der Waals surface area contributed by atoms with E-state index in [-0.39, 0.29) is 37.8 Å². The Balaban J connectivity index is 0.000000238. The van der Waals surface area contributed by atoms with Crippen LogP contribution in [0.15, 0.2) is 150 Å². The summed E-state index contributed by atoms with van der Waals surface area (Å²) in [5.41, 5.74) is 12.9. The molecule has 329 valence electrons. The van der Waals surface area contributed by atoms with Crippen molar-refractivity contribution in [3.8, 4) is 39.5 Å². The number of pyridine rings is 1. The van der Waals surface area contributed by atoms with Crippen molar-refractivity contribution in [1.29, 1.82) is 0 Å². The molecular weight excluding hydrogens is 1040 g/mol. The second-order valence-corrected chi connectivity index (χ2v) is 29.2. The number of benzene rings is 7. The van der Waals surface area contributed by atoms with E-state index in [1.54, 1.807) is 6.07 Å². The number of fused-ring (bicyclic) bond motifs is 6. The summed E-state index contributed by atoms with van der Waals surface area (Å²) in [6, 6.07) is 53.3. The Hall–Kier alpha value is -5.66. The maximum Gasteiger partial charge on any atom is 0 e. The Morgan fingerprint density at radius 2 is 1.38 bits per heavy atom. The molecule has 0 saturated carbocycles. The number of halogens is 1. The minimum atomic E-state index is -2.03. The Labute approximate surface area is 400 Å². The zero-order chi connectivity index (χ0) is 45.8. The summed E-state index contributed by atoms with van der Waals surface area (Å²) in [6.45, 7) is 13.0. The van der Waals surface area contributed by atoms with Gasteiger partial charge in [0.1, 0.15) is 11.4 Å². The van der Waals surface area contributed by atoms with Gasteiger partial charge in [-0.3, -0.25) is 4.98 Å². The van der Waals surface area contributed by atoms with Gasteiger partial charge in [0, 0.05) is 42.6 Å². The van der Waals surface area contributed by atoms with Gasteiger partial charge in [0.05, 0.1) is 22.4 Å².